The fourth-order valence-corrected chi connectivity index (χ4v) is 9.54. The number of furan rings is 2. The van der Waals surface area contributed by atoms with Gasteiger partial charge in [0.15, 0.2) is 20.7 Å². The Morgan fingerprint density at radius 1 is 0.592 bits per heavy atom. The number of hydrogen-bond donors (Lipinski definition) is 4. The molecule has 4 N–H and O–H groups in total. The quantitative estimate of drug-likeness (QED) is 0.0513. The van der Waals surface area contributed by atoms with Crippen molar-refractivity contribution < 1.29 is 52.5 Å². The molecule has 21 heteroatoms. The lowest BCUT2D eigenvalue weighted by Crippen LogP contribution is -2.36. The highest BCUT2D eigenvalue weighted by atomic mass is 32.2. The van der Waals surface area contributed by atoms with Crippen molar-refractivity contribution in [3.8, 4) is 22.6 Å². The maximum absolute atomic E-state index is 13.0. The van der Waals surface area contributed by atoms with Crippen LogP contribution < -0.4 is 20.7 Å². The zero-order chi connectivity index (χ0) is 49.9. The van der Waals surface area contributed by atoms with E-state index >= 15 is 0 Å². The molecule has 0 spiro atoms. The minimum atomic E-state index is -1.10. The molecule has 0 bridgehead atoms. The average Bonchev–Trinajstić information content (AvgIpc) is 4.21. The summed E-state index contributed by atoms with van der Waals surface area (Å²) in [5.74, 6) is -0.164. The second-order valence-electron chi connectivity index (χ2n) is 15.5. The molecule has 4 fully saturated rings. The molecule has 10 rings (SSSR count). The van der Waals surface area contributed by atoms with Crippen molar-refractivity contribution >= 4 is 115 Å². The number of aromatic carboxylic acids is 2. The Balaban J connectivity index is 0.000000158. The monoisotopic (exact) mass is 1030 g/mol. The maximum Gasteiger partial charge on any atom is 0.337 e. The molecular formula is C50H44N6O11S4. The van der Waals surface area contributed by atoms with Crippen LogP contribution in [0.1, 0.15) is 37.0 Å². The molecule has 71 heavy (non-hydrogen) atoms. The lowest BCUT2D eigenvalue weighted by Gasteiger charge is -2.28. The van der Waals surface area contributed by atoms with Crippen molar-refractivity contribution in [1.29, 1.82) is 0 Å². The van der Waals surface area contributed by atoms with Crippen molar-refractivity contribution in [1.82, 2.24) is 10.0 Å². The van der Waals surface area contributed by atoms with E-state index in [0.29, 0.717) is 38.5 Å². The van der Waals surface area contributed by atoms with Gasteiger partial charge in [-0.1, -0.05) is 60.0 Å². The van der Waals surface area contributed by atoms with Gasteiger partial charge < -0.3 is 38.3 Å². The summed E-state index contributed by atoms with van der Waals surface area (Å²) in [5, 5.41) is 20.7. The van der Waals surface area contributed by atoms with Gasteiger partial charge in [-0.3, -0.25) is 25.2 Å². The third-order valence-corrected chi connectivity index (χ3v) is 13.7. The average molecular weight is 1030 g/mol. The van der Waals surface area contributed by atoms with E-state index in [9.17, 15) is 29.1 Å². The summed E-state index contributed by atoms with van der Waals surface area (Å²) in [4.78, 5) is 62.4. The highest BCUT2D eigenvalue weighted by Gasteiger charge is 2.34. The predicted octanol–water partition coefficient (Wildman–Crippen LogP) is 8.88. The molecule has 0 aliphatic carbocycles. The number of benzene rings is 4. The van der Waals surface area contributed by atoms with E-state index in [-0.39, 0.29) is 38.7 Å². The summed E-state index contributed by atoms with van der Waals surface area (Å²) in [6, 6.07) is 36.1. The summed E-state index contributed by atoms with van der Waals surface area (Å²) in [6.07, 6.45) is 2.35. The Labute approximate surface area is 426 Å². The zero-order valence-electron chi connectivity index (χ0n) is 37.6. The summed E-state index contributed by atoms with van der Waals surface area (Å²) < 4.78 is 22.8. The first-order valence-electron chi connectivity index (χ1n) is 21.9. The van der Waals surface area contributed by atoms with Gasteiger partial charge in [0.25, 0.3) is 11.8 Å². The highest BCUT2D eigenvalue weighted by molar-refractivity contribution is 8.26. The van der Waals surface area contributed by atoms with E-state index < -0.39 is 11.9 Å². The van der Waals surface area contributed by atoms with Gasteiger partial charge in [-0.2, -0.15) is 0 Å². The third-order valence-electron chi connectivity index (χ3n) is 11.0. The van der Waals surface area contributed by atoms with Crippen LogP contribution in [-0.2, 0) is 19.1 Å². The van der Waals surface area contributed by atoms with Crippen LogP contribution >= 0.6 is 48.0 Å². The fourth-order valence-electron chi connectivity index (χ4n) is 7.40. The molecule has 0 atom stereocenters. The molecule has 6 heterocycles. The predicted molar refractivity (Wildman–Crippen MR) is 281 cm³/mol. The van der Waals surface area contributed by atoms with Crippen molar-refractivity contribution in [3.05, 3.63) is 149 Å². The van der Waals surface area contributed by atoms with Gasteiger partial charge in [0.05, 0.1) is 59.6 Å². The van der Waals surface area contributed by atoms with Crippen molar-refractivity contribution in [2.75, 3.05) is 79.0 Å². The zero-order valence-corrected chi connectivity index (χ0v) is 40.8. The minimum Gasteiger partial charge on any atom is -0.478 e. The Morgan fingerprint density at radius 2 is 1.06 bits per heavy atom. The molecule has 2 aromatic heterocycles. The number of rotatable bonds is 12. The number of carbonyl (C=O) groups excluding carboxylic acids is 3. The summed E-state index contributed by atoms with van der Waals surface area (Å²) in [7, 11) is 0. The van der Waals surface area contributed by atoms with E-state index in [1.54, 1.807) is 54.6 Å². The number of nitrogens with zero attached hydrogens (tertiary/aromatic N) is 4. The molecule has 0 radical (unpaired) electrons. The maximum atomic E-state index is 13.0. The van der Waals surface area contributed by atoms with Gasteiger partial charge in [0.1, 0.15) is 17.3 Å². The van der Waals surface area contributed by atoms with Gasteiger partial charge in [0.2, 0.25) is 0 Å². The topological polar surface area (TPSA) is 208 Å². The van der Waals surface area contributed by atoms with Gasteiger partial charge in [-0.05, 0) is 109 Å². The molecule has 0 unspecified atom stereocenters. The second kappa shape index (κ2) is 23.6. The summed E-state index contributed by atoms with van der Waals surface area (Å²) >= 11 is 12.7. The van der Waals surface area contributed by atoms with Crippen LogP contribution in [0.5, 0.6) is 0 Å². The van der Waals surface area contributed by atoms with Crippen molar-refractivity contribution in [3.63, 3.8) is 0 Å². The summed E-state index contributed by atoms with van der Waals surface area (Å²) in [6.45, 7) is 6.63. The first-order valence-corrected chi connectivity index (χ1v) is 24.5. The molecule has 4 aromatic carbocycles. The molecule has 364 valence electrons. The SMILES string of the molecule is O=C(O)c1ccccc1NN1C(=O)/C(=C\c2ccc(-c3ccc(N4CCOCC4)cc3)o2)SC1=S.O=C(O)c1ccccc1NN1C(=O)CSC1=S.O=Cc1ccc(-c2ccc(N3CCOCC3)cc2)o1. The molecule has 4 aliphatic heterocycles. The lowest BCUT2D eigenvalue weighted by molar-refractivity contribution is -0.123. The number of hydrogen-bond acceptors (Lipinski definition) is 17. The fraction of sp³-hybridized carbons (Fsp3) is 0.180. The molecule has 4 saturated heterocycles. The van der Waals surface area contributed by atoms with Crippen LogP contribution in [0, 0.1) is 0 Å². The van der Waals surface area contributed by atoms with Crippen LogP contribution in [0.15, 0.2) is 135 Å². The smallest absolute Gasteiger partial charge is 0.337 e. The largest absolute Gasteiger partial charge is 0.478 e. The van der Waals surface area contributed by atoms with Crippen LogP contribution in [0.25, 0.3) is 28.7 Å². The third kappa shape index (κ3) is 12.6. The number of amides is 2. The van der Waals surface area contributed by atoms with Crippen LogP contribution in [0.3, 0.4) is 0 Å². The van der Waals surface area contributed by atoms with Crippen molar-refractivity contribution in [2.45, 2.75) is 0 Å². The van der Waals surface area contributed by atoms with Crippen molar-refractivity contribution in [2.24, 2.45) is 0 Å². The number of thiocarbonyl (C=S) groups is 2. The number of carboxylic acid groups (broad SMARTS) is 2. The van der Waals surface area contributed by atoms with Crippen LogP contribution in [0.4, 0.5) is 22.7 Å². The number of carboxylic acids is 2. The van der Waals surface area contributed by atoms with Crippen LogP contribution in [-0.4, -0.2) is 117 Å². The van der Waals surface area contributed by atoms with E-state index in [4.69, 9.17) is 47.9 Å². The van der Waals surface area contributed by atoms with E-state index in [1.165, 1.54) is 39.6 Å². The van der Waals surface area contributed by atoms with Gasteiger partial charge >= 0.3 is 11.9 Å². The number of morpholine rings is 2. The van der Waals surface area contributed by atoms with Gasteiger partial charge in [-0.15, -0.1) is 0 Å². The Bertz CT molecular complexity index is 2950. The normalized spacial score (nSPS) is 16.3. The van der Waals surface area contributed by atoms with Gasteiger partial charge in [0, 0.05) is 54.8 Å². The molecule has 2 amide bonds. The molecule has 4 aliphatic rings. The van der Waals surface area contributed by atoms with Crippen LogP contribution in [0.2, 0.25) is 0 Å². The molecular weight excluding hydrogens is 989 g/mol. The molecule has 6 aromatic rings. The number of aldehydes is 1. The Morgan fingerprint density at radius 3 is 1.51 bits per heavy atom. The minimum absolute atomic E-state index is 0.0424. The first-order chi connectivity index (χ1) is 34.4. The Hall–Kier alpha value is -7.27. The van der Waals surface area contributed by atoms with E-state index in [2.05, 4.69) is 44.9 Å². The van der Waals surface area contributed by atoms with E-state index in [0.717, 1.165) is 86.9 Å². The standard InChI is InChI=1S/C25H21N3O5S2.C15H15NO3.C10H8N2O3S2/c29-23-22(35-25(34)28(23)26-20-4-2-1-3-19(20)24(30)31)15-18-9-10-21(33-18)16-5-7-17(8-6-16)27-11-13-32-14-12-27;17-11-14-5-6-15(19-14)12-1-3-13(4-2-12)16-7-9-18-10-8-16;13-8-5-17-10(16)12(8)11-7-4-2-1-3-6(7)9(14)15/h1-10,15,26H,11-14H2,(H,30,31);1-6,11H,7-10H2;1-4,11H,5H2,(H,14,15)/b22-15+;;. The number of nitrogens with one attached hydrogen (secondary N) is 2. The number of thioether (sulfide) groups is 2. The Kier molecular flexibility index (Phi) is 16.6. The number of para-hydroxylation sites is 2. The lowest BCUT2D eigenvalue weighted by atomic mass is 10.1. The molecule has 0 saturated carbocycles. The van der Waals surface area contributed by atoms with Gasteiger partial charge in [-0.25, -0.2) is 19.6 Å². The number of carbonyl (C=O) groups is 5. The second-order valence-corrected chi connectivity index (χ2v) is 18.8. The number of ether oxygens (including phenoxy) is 2. The number of hydrazine groups is 2. The number of anilines is 4. The molecule has 17 nitrogen and oxygen atoms in total. The first kappa shape index (κ1) is 50.1. The summed E-state index contributed by atoms with van der Waals surface area (Å²) in [5.41, 5.74) is 10.6. The highest BCUT2D eigenvalue weighted by Crippen LogP contribution is 2.35. The van der Waals surface area contributed by atoms with E-state index in [1.807, 2.05) is 36.4 Å².